The number of nitrogens with one attached hydrogen (secondary N) is 1. The fraction of sp³-hybridized carbons (Fsp3) is 0.462. The molecule has 1 aliphatic carbocycles. The molecule has 1 aliphatic rings. The Morgan fingerprint density at radius 1 is 1.45 bits per heavy atom. The van der Waals surface area contributed by atoms with Crippen LogP contribution in [0.25, 0.3) is 0 Å². The maximum atomic E-state index is 12.8. The highest BCUT2D eigenvalue weighted by Crippen LogP contribution is 2.42. The van der Waals surface area contributed by atoms with E-state index in [0.29, 0.717) is 10.8 Å². The molecule has 0 atom stereocenters. The summed E-state index contributed by atoms with van der Waals surface area (Å²) >= 11 is 1.28. The lowest BCUT2D eigenvalue weighted by atomic mass is 10.2. The third-order valence-electron chi connectivity index (χ3n) is 3.33. The Bertz CT molecular complexity index is 661. The molecule has 1 saturated carbocycles. The Morgan fingerprint density at radius 2 is 2.23 bits per heavy atom. The van der Waals surface area contributed by atoms with Crippen LogP contribution in [0.15, 0.2) is 17.6 Å². The van der Waals surface area contributed by atoms with Crippen molar-refractivity contribution in [1.29, 1.82) is 0 Å². The van der Waals surface area contributed by atoms with E-state index in [1.165, 1.54) is 16.0 Å². The van der Waals surface area contributed by atoms with Crippen LogP contribution in [0.1, 0.15) is 36.6 Å². The maximum absolute atomic E-state index is 12.8. The zero-order valence-electron chi connectivity index (χ0n) is 11.4. The van der Waals surface area contributed by atoms with Crippen molar-refractivity contribution in [3.63, 3.8) is 0 Å². The van der Waals surface area contributed by atoms with Crippen molar-refractivity contribution < 1.29 is 18.0 Å². The van der Waals surface area contributed by atoms with E-state index in [-0.39, 0.29) is 24.8 Å². The van der Waals surface area contributed by atoms with Crippen molar-refractivity contribution >= 4 is 22.4 Å². The van der Waals surface area contributed by atoms with E-state index in [1.54, 1.807) is 11.6 Å². The van der Waals surface area contributed by atoms with Gasteiger partial charge in [0.25, 0.3) is 0 Å². The van der Waals surface area contributed by atoms with Crippen molar-refractivity contribution in [1.82, 2.24) is 14.8 Å². The summed E-state index contributed by atoms with van der Waals surface area (Å²) in [7, 11) is 0. The molecule has 2 heterocycles. The second-order valence-corrected chi connectivity index (χ2v) is 5.98. The molecule has 0 bridgehead atoms. The van der Waals surface area contributed by atoms with Crippen LogP contribution in [0.2, 0.25) is 0 Å². The smallest absolute Gasteiger partial charge is 0.302 e. The molecule has 0 aromatic carbocycles. The molecule has 2 aromatic heterocycles. The minimum absolute atomic E-state index is 0.0538. The van der Waals surface area contributed by atoms with Gasteiger partial charge in [-0.3, -0.25) is 9.48 Å². The van der Waals surface area contributed by atoms with Crippen LogP contribution in [0.3, 0.4) is 0 Å². The van der Waals surface area contributed by atoms with Gasteiger partial charge in [-0.15, -0.1) is 11.3 Å². The zero-order valence-corrected chi connectivity index (χ0v) is 12.2. The number of thiazole rings is 1. The number of rotatable bonds is 5. The number of anilines is 1. The topological polar surface area (TPSA) is 59.8 Å². The molecule has 2 aromatic rings. The molecule has 9 heteroatoms. The molecule has 1 fully saturated rings. The highest BCUT2D eigenvalue weighted by Gasteiger charge is 2.37. The molecule has 1 N–H and O–H groups in total. The standard InChI is InChI=1S/C13H13F3N4OS/c14-13(15,16)10-7-9(8-1-2-8)20(19-10)5-3-11(21)18-12-17-4-6-22-12/h4,6-8H,1-3,5H2,(H,17,18,21). The number of alkyl halides is 3. The summed E-state index contributed by atoms with van der Waals surface area (Å²) in [6.45, 7) is 0.124. The van der Waals surface area contributed by atoms with Crippen molar-refractivity contribution in [3.05, 3.63) is 29.0 Å². The number of nitrogens with zero attached hydrogens (tertiary/aromatic N) is 3. The van der Waals surface area contributed by atoms with Gasteiger partial charge in [0, 0.05) is 36.2 Å². The van der Waals surface area contributed by atoms with Gasteiger partial charge in [-0.25, -0.2) is 4.98 Å². The molecule has 0 spiro atoms. The Hall–Kier alpha value is -1.90. The first-order valence-electron chi connectivity index (χ1n) is 6.78. The van der Waals surface area contributed by atoms with E-state index < -0.39 is 11.9 Å². The maximum Gasteiger partial charge on any atom is 0.435 e. The Morgan fingerprint density at radius 3 is 2.82 bits per heavy atom. The third kappa shape index (κ3) is 3.46. The van der Waals surface area contributed by atoms with Gasteiger partial charge >= 0.3 is 6.18 Å². The summed E-state index contributed by atoms with van der Waals surface area (Å²) in [5, 5.41) is 8.41. The molecule has 0 saturated heterocycles. The Kier molecular flexibility index (Phi) is 3.90. The third-order valence-corrected chi connectivity index (χ3v) is 4.02. The number of amides is 1. The van der Waals surface area contributed by atoms with E-state index in [0.717, 1.165) is 18.9 Å². The number of hydrogen-bond acceptors (Lipinski definition) is 4. The number of hydrogen-bond donors (Lipinski definition) is 1. The summed E-state index contributed by atoms with van der Waals surface area (Å²) < 4.78 is 39.6. The minimum Gasteiger partial charge on any atom is -0.302 e. The average molecular weight is 330 g/mol. The van der Waals surface area contributed by atoms with Crippen LogP contribution in [-0.4, -0.2) is 20.7 Å². The number of aryl methyl sites for hydroxylation is 1. The van der Waals surface area contributed by atoms with Gasteiger partial charge in [-0.1, -0.05) is 0 Å². The van der Waals surface area contributed by atoms with Crippen LogP contribution in [0.4, 0.5) is 18.3 Å². The zero-order chi connectivity index (χ0) is 15.7. The first kappa shape index (κ1) is 15.0. The summed E-state index contributed by atoms with van der Waals surface area (Å²) in [5.41, 5.74) is -0.330. The number of halogens is 3. The molecule has 118 valence electrons. The van der Waals surface area contributed by atoms with Gasteiger partial charge in [0.15, 0.2) is 10.8 Å². The lowest BCUT2D eigenvalue weighted by Crippen LogP contribution is -2.16. The van der Waals surface area contributed by atoms with E-state index in [2.05, 4.69) is 15.4 Å². The van der Waals surface area contributed by atoms with Crippen molar-refractivity contribution in [3.8, 4) is 0 Å². The molecular formula is C13H13F3N4OS. The molecule has 0 unspecified atom stereocenters. The van der Waals surface area contributed by atoms with Crippen LogP contribution in [0.5, 0.6) is 0 Å². The number of aromatic nitrogens is 3. The predicted molar refractivity (Wildman–Crippen MR) is 74.6 cm³/mol. The van der Waals surface area contributed by atoms with Gasteiger partial charge in [0.2, 0.25) is 5.91 Å². The van der Waals surface area contributed by atoms with Crippen LogP contribution in [0, 0.1) is 0 Å². The van der Waals surface area contributed by atoms with E-state index in [9.17, 15) is 18.0 Å². The van der Waals surface area contributed by atoms with Gasteiger partial charge in [0.05, 0.1) is 0 Å². The van der Waals surface area contributed by atoms with Crippen molar-refractivity contribution in [2.24, 2.45) is 0 Å². The lowest BCUT2D eigenvalue weighted by Gasteiger charge is -2.06. The largest absolute Gasteiger partial charge is 0.435 e. The van der Waals surface area contributed by atoms with Crippen molar-refractivity contribution in [2.45, 2.75) is 37.9 Å². The van der Waals surface area contributed by atoms with E-state index in [1.807, 2.05) is 0 Å². The number of carbonyl (C=O) groups excluding carboxylic acids is 1. The monoisotopic (exact) mass is 330 g/mol. The SMILES string of the molecule is O=C(CCn1nc(C(F)(F)F)cc1C1CC1)Nc1nccs1. The normalized spacial score (nSPS) is 15.0. The van der Waals surface area contributed by atoms with Gasteiger partial charge < -0.3 is 5.32 Å². The van der Waals surface area contributed by atoms with Gasteiger partial charge in [0.1, 0.15) is 0 Å². The number of carbonyl (C=O) groups is 1. The molecular weight excluding hydrogens is 317 g/mol. The predicted octanol–water partition coefficient (Wildman–Crippen LogP) is 3.26. The first-order chi connectivity index (χ1) is 10.4. The van der Waals surface area contributed by atoms with Crippen LogP contribution in [-0.2, 0) is 17.5 Å². The highest BCUT2D eigenvalue weighted by atomic mass is 32.1. The molecule has 22 heavy (non-hydrogen) atoms. The molecule has 0 aliphatic heterocycles. The van der Waals surface area contributed by atoms with Crippen LogP contribution >= 0.6 is 11.3 Å². The first-order valence-corrected chi connectivity index (χ1v) is 7.66. The Balaban J connectivity index is 1.66. The molecule has 3 rings (SSSR count). The molecule has 5 nitrogen and oxygen atoms in total. The summed E-state index contributed by atoms with van der Waals surface area (Å²) in [4.78, 5) is 15.7. The summed E-state index contributed by atoms with van der Waals surface area (Å²) in [5.74, 6) is -0.161. The highest BCUT2D eigenvalue weighted by molar-refractivity contribution is 7.13. The average Bonchev–Trinajstić information content (AvgIpc) is 2.98. The Labute approximate surface area is 128 Å². The van der Waals surface area contributed by atoms with Gasteiger partial charge in [-0.05, 0) is 18.9 Å². The van der Waals surface area contributed by atoms with Crippen molar-refractivity contribution in [2.75, 3.05) is 5.32 Å². The fourth-order valence-corrected chi connectivity index (χ4v) is 2.68. The van der Waals surface area contributed by atoms with Gasteiger partial charge in [-0.2, -0.15) is 18.3 Å². The van der Waals surface area contributed by atoms with E-state index in [4.69, 9.17) is 0 Å². The minimum atomic E-state index is -4.46. The lowest BCUT2D eigenvalue weighted by molar-refractivity contribution is -0.141. The fourth-order valence-electron chi connectivity index (χ4n) is 2.13. The molecule has 1 amide bonds. The second-order valence-electron chi connectivity index (χ2n) is 5.09. The summed E-state index contributed by atoms with van der Waals surface area (Å²) in [6, 6.07) is 1.09. The molecule has 0 radical (unpaired) electrons. The second kappa shape index (κ2) is 5.71. The quantitative estimate of drug-likeness (QED) is 0.915. The summed E-state index contributed by atoms with van der Waals surface area (Å²) in [6.07, 6.45) is -1.10. The van der Waals surface area contributed by atoms with Crippen LogP contribution < -0.4 is 5.32 Å². The van der Waals surface area contributed by atoms with E-state index >= 15 is 0 Å².